The van der Waals surface area contributed by atoms with Crippen LogP contribution < -0.4 is 5.32 Å². The average Bonchev–Trinajstić information content (AvgIpc) is 2.46. The van der Waals surface area contributed by atoms with E-state index in [9.17, 15) is 15.0 Å². The molecule has 0 spiro atoms. The van der Waals surface area contributed by atoms with Crippen molar-refractivity contribution >= 4 is 5.91 Å². The van der Waals surface area contributed by atoms with Crippen LogP contribution in [0.15, 0.2) is 30.3 Å². The first kappa shape index (κ1) is 16.0. The predicted octanol–water partition coefficient (Wildman–Crippen LogP) is 2.10. The number of aliphatic hydroxyl groups is 2. The van der Waals surface area contributed by atoms with Crippen molar-refractivity contribution in [3.8, 4) is 0 Å². The average molecular weight is 291 g/mol. The lowest BCUT2D eigenvalue weighted by molar-refractivity contribution is -0.128. The summed E-state index contributed by atoms with van der Waals surface area (Å²) in [5, 5.41) is 23.5. The fourth-order valence-electron chi connectivity index (χ4n) is 2.92. The molecule has 1 aliphatic rings. The van der Waals surface area contributed by atoms with Gasteiger partial charge < -0.3 is 15.5 Å². The van der Waals surface area contributed by atoms with Crippen molar-refractivity contribution in [3.05, 3.63) is 35.9 Å². The molecular formula is C17H25NO3. The number of rotatable bonds is 5. The minimum absolute atomic E-state index is 0.123. The van der Waals surface area contributed by atoms with Crippen LogP contribution in [0.25, 0.3) is 0 Å². The van der Waals surface area contributed by atoms with Crippen molar-refractivity contribution in [3.63, 3.8) is 0 Å². The van der Waals surface area contributed by atoms with Gasteiger partial charge in [0.2, 0.25) is 5.91 Å². The van der Waals surface area contributed by atoms with Crippen LogP contribution in [0.2, 0.25) is 0 Å². The van der Waals surface area contributed by atoms with Gasteiger partial charge in [0.25, 0.3) is 0 Å². The van der Waals surface area contributed by atoms with E-state index in [1.165, 1.54) is 0 Å². The smallest absolute Gasteiger partial charge is 0.223 e. The molecule has 21 heavy (non-hydrogen) atoms. The summed E-state index contributed by atoms with van der Waals surface area (Å²) in [4.78, 5) is 12.0. The molecule has 0 heterocycles. The van der Waals surface area contributed by atoms with E-state index in [1.54, 1.807) is 6.92 Å². The number of benzene rings is 1. The maximum atomic E-state index is 12.0. The molecule has 1 aromatic rings. The van der Waals surface area contributed by atoms with Crippen LogP contribution in [0.4, 0.5) is 0 Å². The van der Waals surface area contributed by atoms with E-state index in [4.69, 9.17) is 0 Å². The van der Waals surface area contributed by atoms with Crippen LogP contribution in [0.1, 0.15) is 51.0 Å². The fraction of sp³-hybridized carbons (Fsp3) is 0.588. The van der Waals surface area contributed by atoms with E-state index in [0.29, 0.717) is 12.8 Å². The first-order chi connectivity index (χ1) is 9.91. The lowest BCUT2D eigenvalue weighted by Crippen LogP contribution is -2.43. The maximum Gasteiger partial charge on any atom is 0.223 e. The van der Waals surface area contributed by atoms with Gasteiger partial charge in [0, 0.05) is 0 Å². The molecule has 3 N–H and O–H groups in total. The van der Waals surface area contributed by atoms with Gasteiger partial charge in [0.1, 0.15) is 5.60 Å². The number of hydrogen-bond donors (Lipinski definition) is 3. The van der Waals surface area contributed by atoms with Gasteiger partial charge in [-0.2, -0.15) is 0 Å². The summed E-state index contributed by atoms with van der Waals surface area (Å²) in [6, 6.07) is 9.27. The molecule has 4 nitrogen and oxygen atoms in total. The Balaban J connectivity index is 1.86. The Hall–Kier alpha value is -1.39. The summed E-state index contributed by atoms with van der Waals surface area (Å²) in [6.07, 6.45) is 4.59. The van der Waals surface area contributed by atoms with Gasteiger partial charge in [0.15, 0.2) is 0 Å². The Morgan fingerprint density at radius 1 is 1.24 bits per heavy atom. The third kappa shape index (κ3) is 4.55. The van der Waals surface area contributed by atoms with Crippen molar-refractivity contribution < 1.29 is 15.0 Å². The topological polar surface area (TPSA) is 69.6 Å². The standard InChI is InChI=1S/C17H25NO3/c1-16(20,14-8-4-2-5-9-14)13-18-15(19)12-17(21)10-6-3-7-11-17/h2,4-5,8-9,20-21H,3,6-7,10-13H2,1H3,(H,18,19). The molecule has 2 rings (SSSR count). The van der Waals surface area contributed by atoms with Crippen LogP contribution in [-0.4, -0.2) is 28.3 Å². The highest BCUT2D eigenvalue weighted by Gasteiger charge is 2.32. The SMILES string of the molecule is CC(O)(CNC(=O)CC1(O)CCCCC1)c1ccccc1. The quantitative estimate of drug-likeness (QED) is 0.778. The van der Waals surface area contributed by atoms with Gasteiger partial charge in [-0.15, -0.1) is 0 Å². The number of nitrogens with one attached hydrogen (secondary N) is 1. The van der Waals surface area contributed by atoms with E-state index >= 15 is 0 Å². The highest BCUT2D eigenvalue weighted by molar-refractivity contribution is 5.77. The van der Waals surface area contributed by atoms with Crippen LogP contribution in [0.5, 0.6) is 0 Å². The molecule has 1 aromatic carbocycles. The molecule has 0 aromatic heterocycles. The zero-order valence-electron chi connectivity index (χ0n) is 12.6. The number of amides is 1. The highest BCUT2D eigenvalue weighted by atomic mass is 16.3. The Labute approximate surface area is 126 Å². The van der Waals surface area contributed by atoms with Crippen molar-refractivity contribution in [2.24, 2.45) is 0 Å². The number of hydrogen-bond acceptors (Lipinski definition) is 3. The second-order valence-corrected chi connectivity index (χ2v) is 6.38. The molecule has 1 unspecified atom stereocenters. The first-order valence-electron chi connectivity index (χ1n) is 7.68. The fourth-order valence-corrected chi connectivity index (χ4v) is 2.92. The monoisotopic (exact) mass is 291 g/mol. The van der Waals surface area contributed by atoms with Crippen LogP contribution in [0, 0.1) is 0 Å². The highest BCUT2D eigenvalue weighted by Crippen LogP contribution is 2.30. The molecule has 116 valence electrons. The van der Waals surface area contributed by atoms with Crippen molar-refractivity contribution in [1.29, 1.82) is 0 Å². The molecule has 1 amide bonds. The Morgan fingerprint density at radius 2 is 1.86 bits per heavy atom. The summed E-state index contributed by atoms with van der Waals surface area (Å²) in [7, 11) is 0. The van der Waals surface area contributed by atoms with Crippen molar-refractivity contribution in [2.75, 3.05) is 6.54 Å². The van der Waals surface area contributed by atoms with Gasteiger partial charge in [0.05, 0.1) is 18.6 Å². The minimum Gasteiger partial charge on any atom is -0.389 e. The maximum absolute atomic E-state index is 12.0. The lowest BCUT2D eigenvalue weighted by Gasteiger charge is -2.32. The summed E-state index contributed by atoms with van der Waals surface area (Å²) in [6.45, 7) is 1.82. The summed E-state index contributed by atoms with van der Waals surface area (Å²) in [5.74, 6) is -0.199. The van der Waals surface area contributed by atoms with Crippen LogP contribution in [-0.2, 0) is 10.4 Å². The van der Waals surface area contributed by atoms with Gasteiger partial charge in [-0.05, 0) is 25.3 Å². The van der Waals surface area contributed by atoms with Gasteiger partial charge in [-0.3, -0.25) is 4.79 Å². The van der Waals surface area contributed by atoms with Gasteiger partial charge in [-0.1, -0.05) is 49.6 Å². The normalized spacial score (nSPS) is 20.5. The lowest BCUT2D eigenvalue weighted by atomic mass is 9.82. The van der Waals surface area contributed by atoms with E-state index in [2.05, 4.69) is 5.32 Å². The summed E-state index contributed by atoms with van der Waals surface area (Å²) in [5.41, 5.74) is -1.20. The predicted molar refractivity (Wildman–Crippen MR) is 81.7 cm³/mol. The van der Waals surface area contributed by atoms with Crippen molar-refractivity contribution in [2.45, 2.75) is 56.7 Å². The molecule has 0 radical (unpaired) electrons. The van der Waals surface area contributed by atoms with E-state index in [-0.39, 0.29) is 18.9 Å². The first-order valence-corrected chi connectivity index (χ1v) is 7.68. The van der Waals surface area contributed by atoms with E-state index in [1.807, 2.05) is 30.3 Å². The second-order valence-electron chi connectivity index (χ2n) is 6.38. The molecule has 0 aliphatic heterocycles. The summed E-state index contributed by atoms with van der Waals surface area (Å²) < 4.78 is 0. The second kappa shape index (κ2) is 6.58. The Morgan fingerprint density at radius 3 is 2.48 bits per heavy atom. The molecule has 0 saturated heterocycles. The van der Waals surface area contributed by atoms with Gasteiger partial charge >= 0.3 is 0 Å². The minimum atomic E-state index is -1.11. The number of carbonyl (C=O) groups is 1. The molecule has 1 fully saturated rings. The molecule has 4 heteroatoms. The Bertz CT molecular complexity index is 464. The van der Waals surface area contributed by atoms with Crippen LogP contribution in [0.3, 0.4) is 0 Å². The number of carbonyl (C=O) groups excluding carboxylic acids is 1. The zero-order valence-corrected chi connectivity index (χ0v) is 12.6. The molecule has 0 bridgehead atoms. The largest absolute Gasteiger partial charge is 0.389 e. The van der Waals surface area contributed by atoms with E-state index < -0.39 is 11.2 Å². The summed E-state index contributed by atoms with van der Waals surface area (Å²) >= 11 is 0. The van der Waals surface area contributed by atoms with Gasteiger partial charge in [-0.25, -0.2) is 0 Å². The zero-order chi connectivity index (χ0) is 15.3. The van der Waals surface area contributed by atoms with Crippen LogP contribution >= 0.6 is 0 Å². The van der Waals surface area contributed by atoms with Crippen molar-refractivity contribution in [1.82, 2.24) is 5.32 Å². The molecule has 1 saturated carbocycles. The molecule has 1 aliphatic carbocycles. The third-order valence-corrected chi connectivity index (χ3v) is 4.30. The third-order valence-electron chi connectivity index (χ3n) is 4.30. The molecule has 1 atom stereocenters. The van der Waals surface area contributed by atoms with E-state index in [0.717, 1.165) is 24.8 Å². The Kier molecular flexibility index (Phi) is 5.01. The molecular weight excluding hydrogens is 266 g/mol.